The SMILES string of the molecule is CCCCCCN(CCCCCC)C(=O)[C@@H](C)NC(=O)[C@@H](NC(=O)[C@@H](Cc1ccc(OP(=O)(O)O)cc1)NC(C)=O)C(C)C. The molecule has 12 nitrogen and oxygen atoms in total. The highest BCUT2D eigenvalue weighted by molar-refractivity contribution is 7.46. The van der Waals surface area contributed by atoms with E-state index < -0.39 is 43.7 Å². The van der Waals surface area contributed by atoms with Gasteiger partial charge < -0.3 is 25.4 Å². The molecule has 250 valence electrons. The molecule has 44 heavy (non-hydrogen) atoms. The first-order valence-corrected chi connectivity index (χ1v) is 17.2. The van der Waals surface area contributed by atoms with Crippen molar-refractivity contribution in [2.75, 3.05) is 13.1 Å². The normalized spacial score (nSPS) is 13.5. The van der Waals surface area contributed by atoms with E-state index in [0.29, 0.717) is 18.7 Å². The van der Waals surface area contributed by atoms with Crippen LogP contribution in [0.25, 0.3) is 0 Å². The lowest BCUT2D eigenvalue weighted by Gasteiger charge is -2.29. The van der Waals surface area contributed by atoms with Gasteiger partial charge in [-0.2, -0.15) is 0 Å². The number of phosphoric ester groups is 1. The standard InChI is InChI=1S/C31H53N4O8P/c1-7-9-11-13-19-35(20-14-12-10-8-2)31(39)23(5)32-30(38)28(22(3)4)34-29(37)27(33-24(6)36)21-25-15-17-26(18-16-25)43-44(40,41)42/h15-18,22-23,27-28H,7-14,19-21H2,1-6H3,(H,32,38)(H,33,36)(H,34,37)(H2,40,41,42)/t23-,27-,28+/m1/s1. The van der Waals surface area contributed by atoms with Gasteiger partial charge in [-0.3, -0.25) is 29.0 Å². The Hall–Kier alpha value is -2.95. The van der Waals surface area contributed by atoms with Crippen molar-refractivity contribution in [1.82, 2.24) is 20.9 Å². The molecule has 0 aromatic heterocycles. The zero-order valence-corrected chi connectivity index (χ0v) is 28.0. The lowest BCUT2D eigenvalue weighted by molar-refractivity contribution is -0.137. The maximum atomic E-state index is 13.4. The van der Waals surface area contributed by atoms with Gasteiger partial charge in [0.2, 0.25) is 23.6 Å². The molecule has 0 fully saturated rings. The monoisotopic (exact) mass is 640 g/mol. The van der Waals surface area contributed by atoms with Crippen molar-refractivity contribution in [2.45, 2.75) is 117 Å². The molecular formula is C31H53N4O8P. The van der Waals surface area contributed by atoms with Gasteiger partial charge in [-0.15, -0.1) is 0 Å². The van der Waals surface area contributed by atoms with Crippen LogP contribution in [0.5, 0.6) is 5.75 Å². The smallest absolute Gasteiger partial charge is 0.404 e. The van der Waals surface area contributed by atoms with Crippen molar-refractivity contribution < 1.29 is 38.1 Å². The Morgan fingerprint density at radius 1 is 0.818 bits per heavy atom. The number of nitrogens with zero attached hydrogens (tertiary/aromatic N) is 1. The second-order valence-corrected chi connectivity index (χ2v) is 12.8. The fourth-order valence-electron chi connectivity index (χ4n) is 4.73. The number of hydrogen-bond acceptors (Lipinski definition) is 6. The molecule has 1 aromatic carbocycles. The Bertz CT molecular complexity index is 1080. The third-order valence-corrected chi connectivity index (χ3v) is 7.58. The van der Waals surface area contributed by atoms with Crippen LogP contribution >= 0.6 is 7.82 Å². The molecule has 0 radical (unpaired) electrons. The Balaban J connectivity index is 2.95. The number of unbranched alkanes of at least 4 members (excludes halogenated alkanes) is 6. The Morgan fingerprint density at radius 3 is 1.82 bits per heavy atom. The Morgan fingerprint density at radius 2 is 1.36 bits per heavy atom. The van der Waals surface area contributed by atoms with Gasteiger partial charge in [-0.05, 0) is 43.4 Å². The molecule has 0 aliphatic carbocycles. The number of phosphoric acid groups is 1. The van der Waals surface area contributed by atoms with Gasteiger partial charge in [0, 0.05) is 26.4 Å². The number of nitrogens with one attached hydrogen (secondary N) is 3. The summed E-state index contributed by atoms with van der Waals surface area (Å²) in [5, 5.41) is 8.13. The summed E-state index contributed by atoms with van der Waals surface area (Å²) in [4.78, 5) is 71.7. The maximum absolute atomic E-state index is 13.4. The molecule has 1 aromatic rings. The van der Waals surface area contributed by atoms with Crippen LogP contribution in [0.3, 0.4) is 0 Å². The third kappa shape index (κ3) is 15.7. The fourth-order valence-corrected chi connectivity index (χ4v) is 5.13. The fraction of sp³-hybridized carbons (Fsp3) is 0.677. The van der Waals surface area contributed by atoms with Crippen molar-refractivity contribution in [2.24, 2.45) is 5.92 Å². The predicted molar refractivity (Wildman–Crippen MR) is 170 cm³/mol. The molecule has 4 amide bonds. The molecule has 1 rings (SSSR count). The van der Waals surface area contributed by atoms with E-state index in [1.807, 2.05) is 4.90 Å². The molecule has 0 saturated heterocycles. The topological polar surface area (TPSA) is 174 Å². The van der Waals surface area contributed by atoms with Gasteiger partial charge >= 0.3 is 7.82 Å². The molecule has 13 heteroatoms. The van der Waals surface area contributed by atoms with Crippen molar-refractivity contribution in [3.8, 4) is 5.75 Å². The average Bonchev–Trinajstić information content (AvgIpc) is 2.93. The summed E-state index contributed by atoms with van der Waals surface area (Å²) in [6.07, 6.45) is 8.35. The molecule has 3 atom stereocenters. The molecular weight excluding hydrogens is 587 g/mol. The van der Waals surface area contributed by atoms with E-state index in [2.05, 4.69) is 34.3 Å². The highest BCUT2D eigenvalue weighted by Crippen LogP contribution is 2.37. The predicted octanol–water partition coefficient (Wildman–Crippen LogP) is 3.84. The zero-order chi connectivity index (χ0) is 33.3. The second kappa shape index (κ2) is 20.2. The average molecular weight is 641 g/mol. The summed E-state index contributed by atoms with van der Waals surface area (Å²) in [6, 6.07) is 2.95. The molecule has 0 unspecified atom stereocenters. The van der Waals surface area contributed by atoms with Crippen LogP contribution in [0.4, 0.5) is 0 Å². The van der Waals surface area contributed by atoms with Gasteiger partial charge in [0.1, 0.15) is 23.9 Å². The first-order chi connectivity index (χ1) is 20.7. The molecule has 0 bridgehead atoms. The van der Waals surface area contributed by atoms with Crippen LogP contribution in [0.2, 0.25) is 0 Å². The summed E-state index contributed by atoms with van der Waals surface area (Å²) in [6.45, 7) is 12.0. The van der Waals surface area contributed by atoms with E-state index in [4.69, 9.17) is 9.79 Å². The van der Waals surface area contributed by atoms with E-state index in [0.717, 1.165) is 51.4 Å². The molecule has 0 spiro atoms. The van der Waals surface area contributed by atoms with Crippen LogP contribution in [-0.2, 0) is 30.2 Å². The van der Waals surface area contributed by atoms with E-state index in [9.17, 15) is 23.7 Å². The van der Waals surface area contributed by atoms with Crippen LogP contribution in [0.1, 0.15) is 98.5 Å². The molecule has 0 aliphatic rings. The van der Waals surface area contributed by atoms with E-state index in [-0.39, 0.29) is 24.0 Å². The van der Waals surface area contributed by atoms with Gasteiger partial charge in [0.15, 0.2) is 0 Å². The number of benzene rings is 1. The lowest BCUT2D eigenvalue weighted by atomic mass is 10.0. The minimum atomic E-state index is -4.72. The van der Waals surface area contributed by atoms with Crippen molar-refractivity contribution in [1.29, 1.82) is 0 Å². The first-order valence-electron chi connectivity index (χ1n) is 15.7. The highest BCUT2D eigenvalue weighted by atomic mass is 31.2. The largest absolute Gasteiger partial charge is 0.524 e. The minimum absolute atomic E-state index is 0.0496. The lowest BCUT2D eigenvalue weighted by Crippen LogP contribution is -2.58. The quantitative estimate of drug-likeness (QED) is 0.0995. The van der Waals surface area contributed by atoms with Gasteiger partial charge in [-0.25, -0.2) is 4.57 Å². The molecule has 0 saturated carbocycles. The first kappa shape index (κ1) is 39.1. The van der Waals surface area contributed by atoms with E-state index in [1.54, 1.807) is 20.8 Å². The molecule has 0 aliphatic heterocycles. The molecule has 0 heterocycles. The Kier molecular flexibility index (Phi) is 17.9. The number of amides is 4. The van der Waals surface area contributed by atoms with Crippen molar-refractivity contribution in [3.63, 3.8) is 0 Å². The number of hydrogen-bond donors (Lipinski definition) is 5. The number of rotatable bonds is 21. The summed E-state index contributed by atoms with van der Waals surface area (Å²) in [5.41, 5.74) is 0.583. The van der Waals surface area contributed by atoms with Crippen molar-refractivity contribution in [3.05, 3.63) is 29.8 Å². The van der Waals surface area contributed by atoms with Gasteiger partial charge in [0.05, 0.1) is 0 Å². The third-order valence-electron chi connectivity index (χ3n) is 7.13. The van der Waals surface area contributed by atoms with Crippen LogP contribution in [0.15, 0.2) is 24.3 Å². The van der Waals surface area contributed by atoms with E-state index in [1.165, 1.54) is 31.2 Å². The molecule has 5 N–H and O–H groups in total. The van der Waals surface area contributed by atoms with E-state index >= 15 is 0 Å². The summed E-state index contributed by atoms with van der Waals surface area (Å²) >= 11 is 0. The number of carbonyl (C=O) groups is 4. The van der Waals surface area contributed by atoms with Crippen LogP contribution in [0, 0.1) is 5.92 Å². The Labute approximate surface area is 262 Å². The zero-order valence-electron chi connectivity index (χ0n) is 27.1. The summed E-state index contributed by atoms with van der Waals surface area (Å²) < 4.78 is 15.6. The van der Waals surface area contributed by atoms with Crippen molar-refractivity contribution >= 4 is 31.5 Å². The number of carbonyl (C=O) groups excluding carboxylic acids is 4. The maximum Gasteiger partial charge on any atom is 0.524 e. The summed E-state index contributed by atoms with van der Waals surface area (Å²) in [5.74, 6) is -2.05. The van der Waals surface area contributed by atoms with Gasteiger partial charge in [-0.1, -0.05) is 78.4 Å². The minimum Gasteiger partial charge on any atom is -0.404 e. The van der Waals surface area contributed by atoms with Crippen LogP contribution in [-0.4, -0.2) is 69.5 Å². The summed E-state index contributed by atoms with van der Waals surface area (Å²) in [7, 11) is -4.72. The second-order valence-electron chi connectivity index (χ2n) is 11.6. The van der Waals surface area contributed by atoms with Crippen LogP contribution < -0.4 is 20.5 Å². The highest BCUT2D eigenvalue weighted by Gasteiger charge is 2.31. The van der Waals surface area contributed by atoms with Gasteiger partial charge in [0.25, 0.3) is 0 Å².